The molecule has 1 atom stereocenters. The number of para-hydroxylation sites is 1. The maximum absolute atomic E-state index is 12.4. The highest BCUT2D eigenvalue weighted by Crippen LogP contribution is 2.28. The van der Waals surface area contributed by atoms with E-state index in [4.69, 9.17) is 0 Å². The van der Waals surface area contributed by atoms with Gasteiger partial charge in [-0.2, -0.15) is 0 Å². The van der Waals surface area contributed by atoms with Crippen molar-refractivity contribution in [2.75, 3.05) is 10.8 Å². The summed E-state index contributed by atoms with van der Waals surface area (Å²) in [5, 5.41) is 11.3. The molecule has 2 amide bonds. The molecule has 0 bridgehead atoms. The van der Waals surface area contributed by atoms with Gasteiger partial charge < -0.3 is 5.11 Å². The lowest BCUT2D eigenvalue weighted by Gasteiger charge is -2.30. The Morgan fingerprint density at radius 3 is 2.48 bits per heavy atom. The lowest BCUT2D eigenvalue weighted by atomic mass is 10.2. The van der Waals surface area contributed by atoms with E-state index in [0.29, 0.717) is 5.69 Å². The number of amides is 2. The molecule has 2 rings (SSSR count). The van der Waals surface area contributed by atoms with E-state index < -0.39 is 23.8 Å². The molecule has 1 saturated heterocycles. The molecule has 1 heterocycles. The number of carboxylic acids is 1. The summed E-state index contributed by atoms with van der Waals surface area (Å²) in [6, 6.07) is 7.20. The van der Waals surface area contributed by atoms with Crippen LogP contribution in [0.5, 0.6) is 0 Å². The monoisotopic (exact) mass is 336 g/mol. The zero-order chi connectivity index (χ0) is 17.0. The van der Waals surface area contributed by atoms with Crippen LogP contribution >= 0.6 is 11.8 Å². The zero-order valence-electron chi connectivity index (χ0n) is 12.5. The number of aliphatic carboxylic acids is 1. The second-order valence-electron chi connectivity index (χ2n) is 4.93. The molecule has 23 heavy (non-hydrogen) atoms. The Labute approximate surface area is 137 Å². The number of hydrogen-bond donors (Lipinski definition) is 1. The normalized spacial score (nSPS) is 17.4. The van der Waals surface area contributed by atoms with E-state index in [-0.39, 0.29) is 23.7 Å². The molecule has 0 saturated carbocycles. The van der Waals surface area contributed by atoms with E-state index in [1.807, 2.05) is 0 Å². The van der Waals surface area contributed by atoms with Gasteiger partial charge in [0.2, 0.25) is 11.8 Å². The Morgan fingerprint density at radius 2 is 1.91 bits per heavy atom. The highest BCUT2D eigenvalue weighted by molar-refractivity contribution is 8.13. The minimum Gasteiger partial charge on any atom is -0.480 e. The fourth-order valence-corrected chi connectivity index (χ4v) is 2.87. The van der Waals surface area contributed by atoms with Crippen LogP contribution in [0.1, 0.15) is 19.8 Å². The minimum atomic E-state index is -1.23. The average molecular weight is 336 g/mol. The van der Waals surface area contributed by atoms with Crippen LogP contribution in [-0.4, -0.2) is 44.8 Å². The molecule has 0 radical (unpaired) electrons. The Hall–Kier alpha value is -2.35. The second-order valence-corrected chi connectivity index (χ2v) is 6.20. The summed E-state index contributed by atoms with van der Waals surface area (Å²) in [5.41, 5.74) is 0.439. The number of carbonyl (C=O) groups excluding carboxylic acids is 3. The lowest BCUT2D eigenvalue weighted by molar-refractivity contribution is -0.148. The molecule has 1 aliphatic heterocycles. The molecule has 0 spiro atoms. The zero-order valence-corrected chi connectivity index (χ0v) is 13.3. The van der Waals surface area contributed by atoms with E-state index >= 15 is 0 Å². The largest absolute Gasteiger partial charge is 0.480 e. The molecule has 7 nitrogen and oxygen atoms in total. The van der Waals surface area contributed by atoms with Crippen LogP contribution in [0.4, 0.5) is 5.69 Å². The standard InChI is InChI=1S/C15H16N2O5S/c1-10(18)23-8-7-13(19)17-12(15(21)22)9-14(20)16(17)11-5-3-2-4-6-11/h2-6,12H,7-9H2,1H3,(H,21,22). The van der Waals surface area contributed by atoms with Gasteiger partial charge in [-0.15, -0.1) is 0 Å². The van der Waals surface area contributed by atoms with Crippen molar-refractivity contribution in [3.63, 3.8) is 0 Å². The second kappa shape index (κ2) is 7.28. The first-order chi connectivity index (χ1) is 10.9. The van der Waals surface area contributed by atoms with Gasteiger partial charge in [-0.25, -0.2) is 14.8 Å². The molecule has 1 aromatic carbocycles. The van der Waals surface area contributed by atoms with Crippen LogP contribution in [0.25, 0.3) is 0 Å². The van der Waals surface area contributed by atoms with Crippen molar-refractivity contribution < 1.29 is 24.3 Å². The third kappa shape index (κ3) is 3.89. The maximum Gasteiger partial charge on any atom is 0.329 e. The number of rotatable bonds is 5. The molecular formula is C15H16N2O5S. The molecule has 1 fully saturated rings. The van der Waals surface area contributed by atoms with Gasteiger partial charge in [-0.3, -0.25) is 14.4 Å². The Balaban J connectivity index is 2.24. The van der Waals surface area contributed by atoms with Crippen molar-refractivity contribution in [2.45, 2.75) is 25.8 Å². The number of carboxylic acid groups (broad SMARTS) is 1. The molecule has 8 heteroatoms. The quantitative estimate of drug-likeness (QED) is 0.870. The van der Waals surface area contributed by atoms with Crippen LogP contribution in [0.15, 0.2) is 30.3 Å². The van der Waals surface area contributed by atoms with Crippen molar-refractivity contribution in [2.24, 2.45) is 0 Å². The van der Waals surface area contributed by atoms with Gasteiger partial charge in [0, 0.05) is 19.1 Å². The van der Waals surface area contributed by atoms with Crippen LogP contribution in [0, 0.1) is 0 Å². The van der Waals surface area contributed by atoms with E-state index in [9.17, 15) is 24.3 Å². The van der Waals surface area contributed by atoms with Crippen LogP contribution in [-0.2, 0) is 19.2 Å². The predicted molar refractivity (Wildman–Crippen MR) is 84.6 cm³/mol. The number of hydrogen-bond acceptors (Lipinski definition) is 5. The highest BCUT2D eigenvalue weighted by Gasteiger charge is 2.45. The molecule has 1 aromatic rings. The van der Waals surface area contributed by atoms with E-state index in [2.05, 4.69) is 0 Å². The van der Waals surface area contributed by atoms with Crippen molar-refractivity contribution in [1.29, 1.82) is 0 Å². The third-order valence-electron chi connectivity index (χ3n) is 3.28. The average Bonchev–Trinajstić information content (AvgIpc) is 2.85. The first kappa shape index (κ1) is 17.0. The van der Waals surface area contributed by atoms with Crippen molar-refractivity contribution >= 4 is 40.3 Å². The summed E-state index contributed by atoms with van der Waals surface area (Å²) in [6.07, 6.45) is -0.291. The molecular weight excluding hydrogens is 320 g/mol. The Morgan fingerprint density at radius 1 is 1.26 bits per heavy atom. The number of thioether (sulfide) groups is 1. The van der Waals surface area contributed by atoms with Gasteiger partial charge in [0.1, 0.15) is 0 Å². The van der Waals surface area contributed by atoms with Gasteiger partial charge in [0.05, 0.1) is 12.1 Å². The summed E-state index contributed by atoms with van der Waals surface area (Å²) in [7, 11) is 0. The topological polar surface area (TPSA) is 95.0 Å². The van der Waals surface area contributed by atoms with Gasteiger partial charge in [0.25, 0.3) is 0 Å². The summed E-state index contributed by atoms with van der Waals surface area (Å²) in [6.45, 7) is 1.39. The van der Waals surface area contributed by atoms with E-state index in [1.54, 1.807) is 30.3 Å². The minimum absolute atomic E-state index is 0.0232. The van der Waals surface area contributed by atoms with E-state index in [1.165, 1.54) is 6.92 Å². The molecule has 0 aromatic heterocycles. The van der Waals surface area contributed by atoms with Crippen LogP contribution in [0.3, 0.4) is 0 Å². The summed E-state index contributed by atoms with van der Waals surface area (Å²) in [5.74, 6) is -1.94. The van der Waals surface area contributed by atoms with E-state index in [0.717, 1.165) is 21.8 Å². The summed E-state index contributed by atoms with van der Waals surface area (Å²) >= 11 is 0.989. The van der Waals surface area contributed by atoms with Gasteiger partial charge in [0.15, 0.2) is 11.2 Å². The van der Waals surface area contributed by atoms with Crippen molar-refractivity contribution in [3.05, 3.63) is 30.3 Å². The first-order valence-corrected chi connectivity index (χ1v) is 7.96. The number of nitrogens with zero attached hydrogens (tertiary/aromatic N) is 2. The number of benzene rings is 1. The highest BCUT2D eigenvalue weighted by atomic mass is 32.2. The Kier molecular flexibility index (Phi) is 5.38. The fourth-order valence-electron chi connectivity index (χ4n) is 2.31. The number of carbonyl (C=O) groups is 4. The van der Waals surface area contributed by atoms with Gasteiger partial charge in [-0.05, 0) is 12.1 Å². The predicted octanol–water partition coefficient (Wildman–Crippen LogP) is 1.29. The molecule has 1 aliphatic rings. The SMILES string of the molecule is CC(=O)SCCC(=O)N1C(C(=O)O)CC(=O)N1c1ccccc1. The lowest BCUT2D eigenvalue weighted by Crippen LogP contribution is -2.49. The Bertz CT molecular complexity index is 634. The van der Waals surface area contributed by atoms with Gasteiger partial charge >= 0.3 is 5.97 Å². The number of anilines is 1. The maximum atomic E-state index is 12.4. The first-order valence-electron chi connectivity index (χ1n) is 6.98. The molecule has 1 unspecified atom stereocenters. The molecule has 0 aliphatic carbocycles. The number of hydrazine groups is 1. The summed E-state index contributed by atoms with van der Waals surface area (Å²) < 4.78 is 0. The van der Waals surface area contributed by atoms with Gasteiger partial charge in [-0.1, -0.05) is 30.0 Å². The van der Waals surface area contributed by atoms with Crippen molar-refractivity contribution in [3.8, 4) is 0 Å². The molecule has 122 valence electrons. The smallest absolute Gasteiger partial charge is 0.329 e. The molecule has 1 N–H and O–H groups in total. The van der Waals surface area contributed by atoms with Crippen LogP contribution in [0.2, 0.25) is 0 Å². The van der Waals surface area contributed by atoms with Crippen LogP contribution < -0.4 is 5.01 Å². The third-order valence-corrected chi connectivity index (χ3v) is 4.09. The fraction of sp³-hybridized carbons (Fsp3) is 0.333. The summed E-state index contributed by atoms with van der Waals surface area (Å²) in [4.78, 5) is 46.9. The van der Waals surface area contributed by atoms with Crippen molar-refractivity contribution in [1.82, 2.24) is 5.01 Å².